The van der Waals surface area contributed by atoms with E-state index in [2.05, 4.69) is 20.8 Å². The molecular weight excluding hydrogens is 324 g/mol. The highest BCUT2D eigenvalue weighted by atomic mass is 16.6. The quantitative estimate of drug-likeness (QED) is 0.325. The van der Waals surface area contributed by atoms with Crippen molar-refractivity contribution in [2.45, 2.75) is 0 Å². The fourth-order valence-electron chi connectivity index (χ4n) is 1.70. The monoisotopic (exact) mass is 334 g/mol. The molecule has 13 nitrogen and oxygen atoms in total. The third-order valence-corrected chi connectivity index (χ3v) is 2.76. The Hall–Kier alpha value is -3.87. The molecule has 0 aliphatic heterocycles. The van der Waals surface area contributed by atoms with Gasteiger partial charge in [-0.3, -0.25) is 35.9 Å². The van der Waals surface area contributed by atoms with E-state index in [1.165, 1.54) is 18.2 Å². The molecule has 0 unspecified atom stereocenters. The number of non-ortho nitro benzene ring substituents is 1. The molecular formula is C11H10N8O5. The van der Waals surface area contributed by atoms with Crippen LogP contribution in [-0.2, 0) is 0 Å². The molecule has 1 amide bonds. The molecule has 24 heavy (non-hydrogen) atoms. The molecule has 0 saturated carbocycles. The van der Waals surface area contributed by atoms with E-state index in [9.17, 15) is 25.0 Å². The molecule has 5 N–H and O–H groups in total. The lowest BCUT2D eigenvalue weighted by atomic mass is 10.2. The summed E-state index contributed by atoms with van der Waals surface area (Å²) < 4.78 is 0. The zero-order chi connectivity index (χ0) is 17.7. The van der Waals surface area contributed by atoms with Crippen LogP contribution < -0.4 is 22.1 Å². The van der Waals surface area contributed by atoms with E-state index in [0.717, 1.165) is 12.4 Å². The lowest BCUT2D eigenvalue weighted by Crippen LogP contribution is -2.30. The normalized spacial score (nSPS) is 9.88. The van der Waals surface area contributed by atoms with Crippen LogP contribution in [-0.4, -0.2) is 25.7 Å². The Kier molecular flexibility index (Phi) is 4.76. The van der Waals surface area contributed by atoms with Gasteiger partial charge in [0, 0.05) is 17.7 Å². The molecule has 0 aliphatic carbocycles. The molecule has 2 rings (SSSR count). The maximum absolute atomic E-state index is 12.0. The number of hydrazine groups is 2. The number of amides is 1. The van der Waals surface area contributed by atoms with Crippen molar-refractivity contribution in [1.82, 2.24) is 15.4 Å². The van der Waals surface area contributed by atoms with Crippen molar-refractivity contribution in [3.8, 4) is 0 Å². The van der Waals surface area contributed by atoms with E-state index in [1.54, 1.807) is 0 Å². The van der Waals surface area contributed by atoms with Gasteiger partial charge in [-0.1, -0.05) is 6.07 Å². The van der Waals surface area contributed by atoms with Gasteiger partial charge in [0.05, 0.1) is 9.85 Å². The van der Waals surface area contributed by atoms with E-state index in [1.807, 2.05) is 5.43 Å². The molecule has 0 spiro atoms. The van der Waals surface area contributed by atoms with Crippen molar-refractivity contribution in [2.24, 2.45) is 5.84 Å². The van der Waals surface area contributed by atoms with E-state index in [4.69, 9.17) is 5.84 Å². The van der Waals surface area contributed by atoms with E-state index < -0.39 is 21.4 Å². The Labute approximate surface area is 133 Å². The number of nitrogens with one attached hydrogen (secondary N) is 3. The summed E-state index contributed by atoms with van der Waals surface area (Å²) in [6.45, 7) is 0. The summed E-state index contributed by atoms with van der Waals surface area (Å²) in [4.78, 5) is 39.5. The number of nitrogens with two attached hydrogens (primary N) is 1. The van der Waals surface area contributed by atoms with Crippen LogP contribution in [0.2, 0.25) is 0 Å². The van der Waals surface area contributed by atoms with Gasteiger partial charge in [0.2, 0.25) is 11.6 Å². The molecule has 0 bridgehead atoms. The number of hydrogen-bond donors (Lipinski definition) is 4. The smallest absolute Gasteiger partial charge is 0.303 e. The van der Waals surface area contributed by atoms with Crippen LogP contribution in [0.25, 0.3) is 0 Å². The first-order valence-corrected chi connectivity index (χ1v) is 6.21. The van der Waals surface area contributed by atoms with Crippen molar-refractivity contribution >= 4 is 28.9 Å². The van der Waals surface area contributed by atoms with Crippen molar-refractivity contribution in [3.63, 3.8) is 0 Å². The van der Waals surface area contributed by atoms with Gasteiger partial charge in [0.25, 0.3) is 11.6 Å². The van der Waals surface area contributed by atoms with Crippen LogP contribution in [0.3, 0.4) is 0 Å². The second-order valence-corrected chi connectivity index (χ2v) is 4.21. The van der Waals surface area contributed by atoms with Gasteiger partial charge in [-0.15, -0.1) is 0 Å². The van der Waals surface area contributed by atoms with E-state index >= 15 is 0 Å². The molecule has 1 aromatic heterocycles. The zero-order valence-electron chi connectivity index (χ0n) is 11.8. The lowest BCUT2D eigenvalue weighted by molar-refractivity contribution is -0.384. The summed E-state index contributed by atoms with van der Waals surface area (Å²) in [6, 6.07) is 4.94. The topological polar surface area (TPSA) is 191 Å². The Morgan fingerprint density at radius 3 is 2.46 bits per heavy atom. The lowest BCUT2D eigenvalue weighted by Gasteiger charge is -2.09. The number of nitro benzene ring substituents is 1. The first-order chi connectivity index (χ1) is 11.4. The molecule has 0 radical (unpaired) electrons. The molecule has 1 heterocycles. The Bertz CT molecular complexity index is 811. The SMILES string of the molecule is NNc1ncnc(NNC(=O)c2cccc([N+](=O)[O-])c2)c1[N+](=O)[O-]. The Morgan fingerprint density at radius 2 is 1.83 bits per heavy atom. The minimum absolute atomic E-state index is 0.0226. The molecule has 124 valence electrons. The number of nitrogens with zero attached hydrogens (tertiary/aromatic N) is 4. The number of hydrogen-bond acceptors (Lipinski definition) is 10. The number of benzene rings is 1. The Morgan fingerprint density at radius 1 is 1.12 bits per heavy atom. The summed E-state index contributed by atoms with van der Waals surface area (Å²) in [5.74, 6) is 3.79. The largest absolute Gasteiger partial charge is 0.356 e. The summed E-state index contributed by atoms with van der Waals surface area (Å²) in [5.41, 5.74) is 5.57. The summed E-state index contributed by atoms with van der Waals surface area (Å²) in [7, 11) is 0. The average molecular weight is 334 g/mol. The molecule has 2 aromatic rings. The van der Waals surface area contributed by atoms with Gasteiger partial charge in [-0.05, 0) is 6.07 Å². The standard InChI is InChI=1S/C11H10N8O5/c12-15-9-8(19(23)24)10(14-5-13-9)16-17-11(20)6-2-1-3-7(4-6)18(21)22/h1-5H,12H2,(H,17,20)(H2,13,14,15,16). The number of aromatic nitrogens is 2. The van der Waals surface area contributed by atoms with Gasteiger partial charge >= 0.3 is 5.69 Å². The first-order valence-electron chi connectivity index (χ1n) is 6.21. The second-order valence-electron chi connectivity index (χ2n) is 4.21. The molecule has 13 heteroatoms. The number of nitro groups is 2. The van der Waals surface area contributed by atoms with Gasteiger partial charge in [-0.2, -0.15) is 0 Å². The van der Waals surface area contributed by atoms with Gasteiger partial charge in [0.15, 0.2) is 0 Å². The first kappa shape index (κ1) is 16.5. The predicted octanol–water partition coefficient (Wildman–Crippen LogP) is 0.335. The van der Waals surface area contributed by atoms with Crippen molar-refractivity contribution in [3.05, 3.63) is 56.4 Å². The minimum Gasteiger partial charge on any atom is -0.303 e. The molecule has 1 aromatic carbocycles. The zero-order valence-corrected chi connectivity index (χ0v) is 11.8. The summed E-state index contributed by atoms with van der Waals surface area (Å²) >= 11 is 0. The highest BCUT2D eigenvalue weighted by Crippen LogP contribution is 2.27. The highest BCUT2D eigenvalue weighted by Gasteiger charge is 2.23. The fourth-order valence-corrected chi connectivity index (χ4v) is 1.70. The molecule has 0 fully saturated rings. The van der Waals surface area contributed by atoms with E-state index in [0.29, 0.717) is 0 Å². The van der Waals surface area contributed by atoms with Crippen LogP contribution in [0.5, 0.6) is 0 Å². The van der Waals surface area contributed by atoms with Crippen LogP contribution in [0.15, 0.2) is 30.6 Å². The Balaban J connectivity index is 2.19. The summed E-state index contributed by atoms with van der Waals surface area (Å²) in [5, 5.41) is 21.7. The number of carbonyl (C=O) groups is 1. The van der Waals surface area contributed by atoms with Gasteiger partial charge in [-0.25, -0.2) is 15.8 Å². The number of nitrogen functional groups attached to an aromatic ring is 1. The number of rotatable bonds is 6. The average Bonchev–Trinajstić information content (AvgIpc) is 2.58. The van der Waals surface area contributed by atoms with Crippen LogP contribution in [0.1, 0.15) is 10.4 Å². The van der Waals surface area contributed by atoms with Crippen LogP contribution in [0, 0.1) is 20.2 Å². The fraction of sp³-hybridized carbons (Fsp3) is 0. The van der Waals surface area contributed by atoms with Gasteiger partial charge < -0.3 is 5.43 Å². The minimum atomic E-state index is -0.795. The third-order valence-electron chi connectivity index (χ3n) is 2.76. The molecule has 0 aliphatic rings. The second kappa shape index (κ2) is 6.93. The van der Waals surface area contributed by atoms with Crippen LogP contribution >= 0.6 is 0 Å². The number of anilines is 2. The molecule has 0 atom stereocenters. The maximum atomic E-state index is 12.0. The van der Waals surface area contributed by atoms with Gasteiger partial charge in [0.1, 0.15) is 6.33 Å². The summed E-state index contributed by atoms with van der Waals surface area (Å²) in [6.07, 6.45) is 0.990. The third kappa shape index (κ3) is 3.47. The van der Waals surface area contributed by atoms with Crippen molar-refractivity contribution in [2.75, 3.05) is 10.9 Å². The maximum Gasteiger partial charge on any atom is 0.356 e. The van der Waals surface area contributed by atoms with Crippen molar-refractivity contribution in [1.29, 1.82) is 0 Å². The molecule has 0 saturated heterocycles. The predicted molar refractivity (Wildman–Crippen MR) is 80.7 cm³/mol. The number of carbonyl (C=O) groups excluding carboxylic acids is 1. The highest BCUT2D eigenvalue weighted by molar-refractivity contribution is 5.95. The van der Waals surface area contributed by atoms with Crippen molar-refractivity contribution < 1.29 is 14.6 Å². The van der Waals surface area contributed by atoms with E-state index in [-0.39, 0.29) is 22.9 Å². The van der Waals surface area contributed by atoms with Crippen LogP contribution in [0.4, 0.5) is 23.0 Å².